The number of benzene rings is 3. The fourth-order valence-corrected chi connectivity index (χ4v) is 4.70. The van der Waals surface area contributed by atoms with Gasteiger partial charge in [-0.1, -0.05) is 65.8 Å². The Morgan fingerprint density at radius 3 is 2.44 bits per heavy atom. The topological polar surface area (TPSA) is 71.8 Å². The van der Waals surface area contributed by atoms with Crippen molar-refractivity contribution in [3.05, 3.63) is 95.3 Å². The van der Waals surface area contributed by atoms with Gasteiger partial charge in [0, 0.05) is 16.3 Å². The highest BCUT2D eigenvalue weighted by Crippen LogP contribution is 2.39. The molecule has 1 aromatic heterocycles. The van der Waals surface area contributed by atoms with Crippen LogP contribution in [0.4, 0.5) is 10.1 Å². The summed E-state index contributed by atoms with van der Waals surface area (Å²) in [6.45, 7) is 0. The van der Waals surface area contributed by atoms with Gasteiger partial charge < -0.3 is 10.7 Å². The number of thioether (sulfide) groups is 1. The van der Waals surface area contributed by atoms with Gasteiger partial charge in [0.2, 0.25) is 11.1 Å². The molecule has 0 aliphatic carbocycles. The number of amides is 1. The summed E-state index contributed by atoms with van der Waals surface area (Å²) in [7, 11) is 0. The molecule has 1 aliphatic rings. The maximum absolute atomic E-state index is 13.6. The van der Waals surface area contributed by atoms with Crippen LogP contribution in [0.5, 0.6) is 0 Å². The van der Waals surface area contributed by atoms with Crippen molar-refractivity contribution in [3.63, 3.8) is 0 Å². The second kappa shape index (κ2) is 8.64. The molecule has 0 saturated heterocycles. The maximum Gasteiger partial charge on any atom is 0.240 e. The lowest BCUT2D eigenvalue weighted by atomic mass is 10.0. The predicted molar refractivity (Wildman–Crippen MR) is 124 cm³/mol. The van der Waals surface area contributed by atoms with Gasteiger partial charge in [-0.15, -0.1) is 10.2 Å². The van der Waals surface area contributed by atoms with Crippen molar-refractivity contribution in [1.82, 2.24) is 14.9 Å². The van der Waals surface area contributed by atoms with Crippen molar-refractivity contribution in [2.75, 3.05) is 10.7 Å². The summed E-state index contributed by atoms with van der Waals surface area (Å²) >= 11 is 7.25. The van der Waals surface area contributed by atoms with E-state index in [1.165, 1.54) is 23.9 Å². The Kier molecular flexibility index (Phi) is 5.55. The Morgan fingerprint density at radius 1 is 1.00 bits per heavy atom. The number of hydrogen-bond acceptors (Lipinski definition) is 5. The molecule has 3 aromatic carbocycles. The molecule has 32 heavy (non-hydrogen) atoms. The lowest BCUT2D eigenvalue weighted by molar-refractivity contribution is -0.116. The number of carbonyl (C=O) groups is 1. The number of halogens is 2. The Morgan fingerprint density at radius 2 is 1.72 bits per heavy atom. The van der Waals surface area contributed by atoms with Gasteiger partial charge in [-0.25, -0.2) is 9.07 Å². The second-order valence-electron chi connectivity index (χ2n) is 7.20. The monoisotopic (exact) mass is 465 g/mol. The minimum absolute atomic E-state index is 0.213. The van der Waals surface area contributed by atoms with Crippen molar-refractivity contribution in [3.8, 4) is 11.4 Å². The smallest absolute Gasteiger partial charge is 0.240 e. The number of nitrogens with one attached hydrogen (secondary N) is 2. The lowest BCUT2D eigenvalue weighted by Gasteiger charge is -2.33. The summed E-state index contributed by atoms with van der Waals surface area (Å²) < 4.78 is 15.3. The van der Waals surface area contributed by atoms with Crippen molar-refractivity contribution in [2.45, 2.75) is 16.4 Å². The highest BCUT2D eigenvalue weighted by Gasteiger charge is 2.38. The fraction of sp³-hybridized carbons (Fsp3) is 0.0870. The van der Waals surface area contributed by atoms with E-state index in [2.05, 4.69) is 20.9 Å². The number of rotatable bonds is 4. The van der Waals surface area contributed by atoms with E-state index in [-0.39, 0.29) is 11.7 Å². The van der Waals surface area contributed by atoms with Crippen LogP contribution in [0.3, 0.4) is 0 Å². The number of anilines is 1. The van der Waals surface area contributed by atoms with Gasteiger partial charge in [0.15, 0.2) is 5.82 Å². The van der Waals surface area contributed by atoms with E-state index in [0.29, 0.717) is 21.7 Å². The first kappa shape index (κ1) is 20.5. The summed E-state index contributed by atoms with van der Waals surface area (Å²) in [6.07, 6.45) is 0. The number of carbonyl (C=O) groups excluding carboxylic acids is 1. The molecular weight excluding hydrogens is 449 g/mol. The van der Waals surface area contributed by atoms with Crippen molar-refractivity contribution in [2.24, 2.45) is 0 Å². The van der Waals surface area contributed by atoms with Crippen LogP contribution in [-0.2, 0) is 4.79 Å². The molecule has 2 N–H and O–H groups in total. The SMILES string of the molecule is O=C(Nc1ccc(Cl)cc1)[C@@H]1Sc2nnc(-c3ccccc3)n2N[C@@H]1c1ccc(F)cc1. The molecule has 2 heterocycles. The Labute approximate surface area is 192 Å². The molecule has 0 radical (unpaired) electrons. The predicted octanol–water partition coefficient (Wildman–Crippen LogP) is 5.14. The van der Waals surface area contributed by atoms with Crippen molar-refractivity contribution < 1.29 is 9.18 Å². The molecular formula is C23H17ClFN5OS. The Balaban J connectivity index is 1.50. The van der Waals surface area contributed by atoms with Gasteiger partial charge in [0.25, 0.3) is 0 Å². The summed E-state index contributed by atoms with van der Waals surface area (Å²) in [5.74, 6) is 0.0840. The molecule has 0 unspecified atom stereocenters. The van der Waals surface area contributed by atoms with Crippen LogP contribution >= 0.6 is 23.4 Å². The molecule has 0 spiro atoms. The molecule has 5 rings (SSSR count). The number of nitrogens with zero attached hydrogens (tertiary/aromatic N) is 3. The van der Waals surface area contributed by atoms with Gasteiger partial charge in [-0.3, -0.25) is 4.79 Å². The molecule has 2 atom stereocenters. The third kappa shape index (κ3) is 4.06. The van der Waals surface area contributed by atoms with Crippen LogP contribution in [0.2, 0.25) is 5.02 Å². The van der Waals surface area contributed by atoms with Crippen LogP contribution in [0.15, 0.2) is 84.0 Å². The van der Waals surface area contributed by atoms with E-state index < -0.39 is 11.3 Å². The average Bonchev–Trinajstić information content (AvgIpc) is 3.24. The van der Waals surface area contributed by atoms with E-state index in [4.69, 9.17) is 11.6 Å². The minimum atomic E-state index is -0.573. The highest BCUT2D eigenvalue weighted by atomic mass is 35.5. The maximum atomic E-state index is 13.6. The first-order valence-electron chi connectivity index (χ1n) is 9.84. The number of hydrogen-bond donors (Lipinski definition) is 2. The van der Waals surface area contributed by atoms with Gasteiger partial charge >= 0.3 is 0 Å². The largest absolute Gasteiger partial charge is 0.325 e. The van der Waals surface area contributed by atoms with Crippen LogP contribution in [0.25, 0.3) is 11.4 Å². The molecule has 9 heteroatoms. The molecule has 1 aliphatic heterocycles. The van der Waals surface area contributed by atoms with Gasteiger partial charge in [-0.2, -0.15) is 0 Å². The highest BCUT2D eigenvalue weighted by molar-refractivity contribution is 8.00. The molecule has 6 nitrogen and oxygen atoms in total. The summed E-state index contributed by atoms with van der Waals surface area (Å²) in [5.41, 5.74) is 5.67. The van der Waals surface area contributed by atoms with Gasteiger partial charge in [0.05, 0.1) is 6.04 Å². The fourth-order valence-electron chi connectivity index (χ4n) is 3.50. The Hall–Kier alpha value is -3.36. The summed E-state index contributed by atoms with van der Waals surface area (Å²) in [6, 6.07) is 22.2. The van der Waals surface area contributed by atoms with Crippen LogP contribution in [0, 0.1) is 5.82 Å². The zero-order chi connectivity index (χ0) is 22.1. The van der Waals surface area contributed by atoms with E-state index in [0.717, 1.165) is 11.1 Å². The summed E-state index contributed by atoms with van der Waals surface area (Å²) in [4.78, 5) is 13.3. The zero-order valence-electron chi connectivity index (χ0n) is 16.6. The zero-order valence-corrected chi connectivity index (χ0v) is 18.1. The number of fused-ring (bicyclic) bond motifs is 1. The molecule has 1 amide bonds. The van der Waals surface area contributed by atoms with E-state index in [1.54, 1.807) is 41.1 Å². The standard InChI is InChI=1S/C23H17ClFN5OS/c24-16-8-12-18(13-9-16)26-22(31)20-19(14-6-10-17(25)11-7-14)29-30-21(27-28-23(30)32-20)15-4-2-1-3-5-15/h1-13,19-20,29H,(H,26,31)/t19-,20-/m1/s1. The van der Waals surface area contributed by atoms with E-state index in [1.807, 2.05) is 30.3 Å². The van der Waals surface area contributed by atoms with E-state index >= 15 is 0 Å². The first-order valence-corrected chi connectivity index (χ1v) is 11.1. The molecule has 160 valence electrons. The third-order valence-electron chi connectivity index (χ3n) is 5.07. The normalized spacial score (nSPS) is 17.3. The first-order chi connectivity index (χ1) is 15.6. The number of aromatic nitrogens is 3. The minimum Gasteiger partial charge on any atom is -0.325 e. The van der Waals surface area contributed by atoms with Crippen LogP contribution in [-0.4, -0.2) is 26.0 Å². The molecule has 0 saturated carbocycles. The third-order valence-corrected chi connectivity index (χ3v) is 6.54. The van der Waals surface area contributed by atoms with Gasteiger partial charge in [-0.05, 0) is 42.0 Å². The average molecular weight is 466 g/mol. The van der Waals surface area contributed by atoms with Crippen LogP contribution < -0.4 is 10.7 Å². The van der Waals surface area contributed by atoms with E-state index in [9.17, 15) is 9.18 Å². The molecule has 0 bridgehead atoms. The lowest BCUT2D eigenvalue weighted by Crippen LogP contribution is -2.41. The molecule has 4 aromatic rings. The van der Waals surface area contributed by atoms with Crippen molar-refractivity contribution >= 4 is 35.0 Å². The molecule has 0 fully saturated rings. The van der Waals surface area contributed by atoms with Gasteiger partial charge in [0.1, 0.15) is 11.1 Å². The summed E-state index contributed by atoms with van der Waals surface area (Å²) in [5, 5.41) is 12.1. The second-order valence-corrected chi connectivity index (χ2v) is 8.75. The quantitative estimate of drug-likeness (QED) is 0.437. The van der Waals surface area contributed by atoms with Crippen LogP contribution in [0.1, 0.15) is 11.6 Å². The Bertz CT molecular complexity index is 1250. The van der Waals surface area contributed by atoms with Crippen molar-refractivity contribution in [1.29, 1.82) is 0 Å².